The highest BCUT2D eigenvalue weighted by Gasteiger charge is 2.14. The highest BCUT2D eigenvalue weighted by molar-refractivity contribution is 9.10. The van der Waals surface area contributed by atoms with Crippen LogP contribution in [0.25, 0.3) is 0 Å². The Hall–Kier alpha value is -0.900. The molecule has 0 fully saturated rings. The predicted octanol–water partition coefficient (Wildman–Crippen LogP) is 4.56. The van der Waals surface area contributed by atoms with E-state index in [1.165, 1.54) is 6.07 Å². The minimum Gasteiger partial charge on any atom is -0.396 e. The lowest BCUT2D eigenvalue weighted by Gasteiger charge is -2.16. The molecule has 4 heteroatoms. The van der Waals surface area contributed by atoms with E-state index in [4.69, 9.17) is 11.6 Å². The van der Waals surface area contributed by atoms with Gasteiger partial charge in [0.25, 0.3) is 0 Å². The maximum Gasteiger partial charge on any atom is 0.137 e. The zero-order valence-corrected chi connectivity index (χ0v) is 12.5. The number of hydrogen-bond acceptors (Lipinski definition) is 1. The van der Waals surface area contributed by atoms with E-state index in [0.29, 0.717) is 15.9 Å². The van der Waals surface area contributed by atoms with E-state index in [0.717, 1.165) is 11.1 Å². The van der Waals surface area contributed by atoms with Gasteiger partial charge in [-0.15, -0.1) is 0 Å². The Morgan fingerprint density at radius 3 is 2.47 bits per heavy atom. The summed E-state index contributed by atoms with van der Waals surface area (Å²) in [7, 11) is 0. The highest BCUT2D eigenvalue weighted by atomic mass is 79.9. The number of aliphatic hydroxyl groups excluding tert-OH is 1. The van der Waals surface area contributed by atoms with Crippen molar-refractivity contribution >= 4 is 27.5 Å². The minimum atomic E-state index is -0.287. The zero-order chi connectivity index (χ0) is 13.8. The second kappa shape index (κ2) is 6.51. The van der Waals surface area contributed by atoms with Crippen molar-refractivity contribution in [3.8, 4) is 0 Å². The molecule has 0 radical (unpaired) electrons. The molecule has 0 aliphatic carbocycles. The summed E-state index contributed by atoms with van der Waals surface area (Å²) in [5.74, 6) is -0.360. The molecule has 1 atom stereocenters. The van der Waals surface area contributed by atoms with Crippen LogP contribution in [-0.2, 0) is 6.42 Å². The SMILES string of the molecule is OCC(Cc1cccc(F)c1Br)c1ccc(Cl)cc1. The first-order valence-electron chi connectivity index (χ1n) is 5.91. The van der Waals surface area contributed by atoms with Crippen molar-refractivity contribution in [2.24, 2.45) is 0 Å². The van der Waals surface area contributed by atoms with E-state index in [2.05, 4.69) is 15.9 Å². The number of benzene rings is 2. The first-order chi connectivity index (χ1) is 9.11. The van der Waals surface area contributed by atoms with E-state index in [-0.39, 0.29) is 18.3 Å². The molecule has 0 aliphatic rings. The standard InChI is InChI=1S/C15H13BrClFO/c16-15-11(2-1-3-14(15)18)8-12(9-19)10-4-6-13(17)7-5-10/h1-7,12,19H,8-9H2. The molecule has 2 aromatic rings. The van der Waals surface area contributed by atoms with Crippen molar-refractivity contribution in [3.05, 3.63) is 68.9 Å². The molecule has 0 aromatic heterocycles. The van der Waals surface area contributed by atoms with Gasteiger partial charge in [0.15, 0.2) is 0 Å². The van der Waals surface area contributed by atoms with Crippen molar-refractivity contribution in [2.45, 2.75) is 12.3 Å². The summed E-state index contributed by atoms with van der Waals surface area (Å²) in [6.07, 6.45) is 0.566. The van der Waals surface area contributed by atoms with Crippen LogP contribution < -0.4 is 0 Å². The lowest BCUT2D eigenvalue weighted by Crippen LogP contribution is -2.08. The summed E-state index contributed by atoms with van der Waals surface area (Å²) >= 11 is 9.09. The van der Waals surface area contributed by atoms with E-state index in [9.17, 15) is 9.50 Å². The van der Waals surface area contributed by atoms with Crippen LogP contribution in [0, 0.1) is 5.82 Å². The number of rotatable bonds is 4. The smallest absolute Gasteiger partial charge is 0.137 e. The lowest BCUT2D eigenvalue weighted by atomic mass is 9.93. The fourth-order valence-electron chi connectivity index (χ4n) is 1.99. The van der Waals surface area contributed by atoms with E-state index >= 15 is 0 Å². The summed E-state index contributed by atoms with van der Waals surface area (Å²) in [4.78, 5) is 0. The fraction of sp³-hybridized carbons (Fsp3) is 0.200. The van der Waals surface area contributed by atoms with Gasteiger partial charge in [-0.2, -0.15) is 0 Å². The first-order valence-corrected chi connectivity index (χ1v) is 7.08. The highest BCUT2D eigenvalue weighted by Crippen LogP contribution is 2.27. The van der Waals surface area contributed by atoms with Crippen molar-refractivity contribution in [1.29, 1.82) is 0 Å². The molecule has 0 saturated heterocycles. The Kier molecular flexibility index (Phi) is 4.97. The van der Waals surface area contributed by atoms with Gasteiger partial charge in [0.05, 0.1) is 11.1 Å². The molecule has 1 N–H and O–H groups in total. The van der Waals surface area contributed by atoms with Gasteiger partial charge in [0, 0.05) is 10.9 Å². The summed E-state index contributed by atoms with van der Waals surface area (Å²) in [5, 5.41) is 10.2. The van der Waals surface area contributed by atoms with Gasteiger partial charge in [-0.3, -0.25) is 0 Å². The predicted molar refractivity (Wildman–Crippen MR) is 79.1 cm³/mol. The molecule has 100 valence electrons. The van der Waals surface area contributed by atoms with Crippen molar-refractivity contribution < 1.29 is 9.50 Å². The minimum absolute atomic E-state index is 0.00455. The molecule has 0 amide bonds. The molecule has 0 bridgehead atoms. The van der Waals surface area contributed by atoms with Gasteiger partial charge in [-0.05, 0) is 51.7 Å². The third kappa shape index (κ3) is 3.56. The van der Waals surface area contributed by atoms with E-state index in [1.54, 1.807) is 18.2 Å². The van der Waals surface area contributed by atoms with Crippen molar-refractivity contribution in [2.75, 3.05) is 6.61 Å². The van der Waals surface area contributed by atoms with E-state index < -0.39 is 0 Å². The molecule has 2 rings (SSSR count). The normalized spacial score (nSPS) is 12.4. The molecule has 0 saturated carbocycles. The molecule has 1 nitrogen and oxygen atoms in total. The average molecular weight is 344 g/mol. The van der Waals surface area contributed by atoms with Crippen LogP contribution in [0.15, 0.2) is 46.9 Å². The van der Waals surface area contributed by atoms with Crippen LogP contribution in [0.3, 0.4) is 0 Å². The van der Waals surface area contributed by atoms with Gasteiger partial charge < -0.3 is 5.11 Å². The van der Waals surface area contributed by atoms with Gasteiger partial charge in [-0.25, -0.2) is 4.39 Å². The third-order valence-corrected chi connectivity index (χ3v) is 4.20. The molecular weight excluding hydrogens is 331 g/mol. The van der Waals surface area contributed by atoms with Crippen molar-refractivity contribution in [1.82, 2.24) is 0 Å². The van der Waals surface area contributed by atoms with Crippen LogP contribution in [0.2, 0.25) is 5.02 Å². The summed E-state index contributed by atoms with van der Waals surface area (Å²) in [5.41, 5.74) is 1.83. The molecule has 2 aromatic carbocycles. The van der Waals surface area contributed by atoms with Gasteiger partial charge in [-0.1, -0.05) is 35.9 Å². The maximum atomic E-state index is 13.5. The molecule has 0 aliphatic heterocycles. The first kappa shape index (κ1) is 14.5. The van der Waals surface area contributed by atoms with Gasteiger partial charge in [0.2, 0.25) is 0 Å². The van der Waals surface area contributed by atoms with Crippen LogP contribution in [0.5, 0.6) is 0 Å². The second-order valence-electron chi connectivity index (χ2n) is 4.35. The zero-order valence-electron chi connectivity index (χ0n) is 10.1. The molecule has 0 heterocycles. The Bertz CT molecular complexity index is 557. The van der Waals surface area contributed by atoms with Crippen LogP contribution in [0.1, 0.15) is 17.0 Å². The van der Waals surface area contributed by atoms with Gasteiger partial charge >= 0.3 is 0 Å². The number of halogens is 3. The fourth-order valence-corrected chi connectivity index (χ4v) is 2.55. The second-order valence-corrected chi connectivity index (χ2v) is 5.58. The summed E-state index contributed by atoms with van der Waals surface area (Å²) < 4.78 is 13.9. The summed E-state index contributed by atoms with van der Waals surface area (Å²) in [6, 6.07) is 12.3. The van der Waals surface area contributed by atoms with Crippen LogP contribution >= 0.6 is 27.5 Å². The molecule has 19 heavy (non-hydrogen) atoms. The molecular formula is C15H13BrClFO. The molecule has 1 unspecified atom stereocenters. The lowest BCUT2D eigenvalue weighted by molar-refractivity contribution is 0.264. The third-order valence-electron chi connectivity index (χ3n) is 3.06. The summed E-state index contributed by atoms with van der Waals surface area (Å²) in [6.45, 7) is 0.00455. The Labute approximate surface area is 125 Å². The van der Waals surface area contributed by atoms with E-state index in [1.807, 2.05) is 18.2 Å². The largest absolute Gasteiger partial charge is 0.396 e. The quantitative estimate of drug-likeness (QED) is 0.863. The number of aliphatic hydroxyl groups is 1. The maximum absolute atomic E-state index is 13.5. The number of hydrogen-bond donors (Lipinski definition) is 1. The topological polar surface area (TPSA) is 20.2 Å². The molecule has 0 spiro atoms. The van der Waals surface area contributed by atoms with Crippen LogP contribution in [0.4, 0.5) is 4.39 Å². The van der Waals surface area contributed by atoms with Crippen molar-refractivity contribution in [3.63, 3.8) is 0 Å². The monoisotopic (exact) mass is 342 g/mol. The van der Waals surface area contributed by atoms with Gasteiger partial charge in [0.1, 0.15) is 5.82 Å². The Morgan fingerprint density at radius 1 is 1.16 bits per heavy atom. The Morgan fingerprint density at radius 2 is 1.84 bits per heavy atom. The average Bonchev–Trinajstić information content (AvgIpc) is 2.42. The Balaban J connectivity index is 2.24. The van der Waals surface area contributed by atoms with Crippen LogP contribution in [-0.4, -0.2) is 11.7 Å².